The molecule has 0 saturated heterocycles. The Labute approximate surface area is 135 Å². The highest BCUT2D eigenvalue weighted by Crippen LogP contribution is 2.22. The number of hydrogen-bond donors (Lipinski definition) is 0. The Morgan fingerprint density at radius 1 is 1.00 bits per heavy atom. The topological polar surface area (TPSA) is 34.6 Å². The van der Waals surface area contributed by atoms with Gasteiger partial charge < -0.3 is 8.80 Å². The minimum atomic E-state index is 0.418. The second-order valence-corrected chi connectivity index (χ2v) is 6.49. The highest BCUT2D eigenvalue weighted by molar-refractivity contribution is 5.51. The molecule has 4 aromatic heterocycles. The van der Waals surface area contributed by atoms with Crippen molar-refractivity contribution in [3.8, 4) is 0 Å². The molecule has 4 heteroatoms. The summed E-state index contributed by atoms with van der Waals surface area (Å²) in [4.78, 5) is 8.91. The van der Waals surface area contributed by atoms with Crippen LogP contribution in [0.15, 0.2) is 49.3 Å². The Kier molecular flexibility index (Phi) is 3.18. The molecule has 4 nitrogen and oxygen atoms in total. The summed E-state index contributed by atoms with van der Waals surface area (Å²) < 4.78 is 4.20. The van der Waals surface area contributed by atoms with Gasteiger partial charge in [0, 0.05) is 36.0 Å². The summed E-state index contributed by atoms with van der Waals surface area (Å²) in [7, 11) is 0. The first-order valence-electron chi connectivity index (χ1n) is 7.96. The predicted octanol–water partition coefficient (Wildman–Crippen LogP) is 3.95. The molecule has 4 rings (SSSR count). The van der Waals surface area contributed by atoms with Gasteiger partial charge in [0.25, 0.3) is 0 Å². The zero-order valence-electron chi connectivity index (χ0n) is 13.7. The Hall–Kier alpha value is -2.62. The number of rotatable bonds is 3. The molecule has 0 aromatic carbocycles. The fraction of sp³-hybridized carbons (Fsp3) is 0.263. The van der Waals surface area contributed by atoms with Gasteiger partial charge in [0.15, 0.2) is 0 Å². The van der Waals surface area contributed by atoms with Crippen molar-refractivity contribution >= 4 is 11.2 Å². The fourth-order valence-corrected chi connectivity index (χ4v) is 3.16. The summed E-state index contributed by atoms with van der Waals surface area (Å²) >= 11 is 0. The highest BCUT2D eigenvalue weighted by atomic mass is 15.0. The van der Waals surface area contributed by atoms with E-state index < -0.39 is 0 Å². The van der Waals surface area contributed by atoms with Crippen molar-refractivity contribution in [1.29, 1.82) is 0 Å². The van der Waals surface area contributed by atoms with Crippen molar-refractivity contribution in [2.24, 2.45) is 0 Å². The van der Waals surface area contributed by atoms with Crippen LogP contribution in [-0.2, 0) is 6.42 Å². The standard InChI is InChI=1S/C19H20N4/c1-13-4-19-20-8-17(11-22(19)9-13)14(2)5-16-7-18-6-15(3)21-12-23(18)10-16/h4,6-12,14H,5H2,1-3H3. The van der Waals surface area contributed by atoms with E-state index in [1.807, 2.05) is 19.4 Å². The van der Waals surface area contributed by atoms with Crippen LogP contribution in [0, 0.1) is 13.8 Å². The van der Waals surface area contributed by atoms with Crippen molar-refractivity contribution in [3.63, 3.8) is 0 Å². The first-order chi connectivity index (χ1) is 11.1. The number of aryl methyl sites for hydroxylation is 2. The minimum Gasteiger partial charge on any atom is -0.308 e. The third kappa shape index (κ3) is 2.61. The van der Waals surface area contributed by atoms with E-state index in [0.29, 0.717) is 5.92 Å². The van der Waals surface area contributed by atoms with Crippen molar-refractivity contribution in [2.75, 3.05) is 0 Å². The number of fused-ring (bicyclic) bond motifs is 2. The van der Waals surface area contributed by atoms with Gasteiger partial charge in [0.2, 0.25) is 0 Å². The van der Waals surface area contributed by atoms with Gasteiger partial charge in [-0.25, -0.2) is 9.97 Å². The lowest BCUT2D eigenvalue weighted by atomic mass is 9.97. The molecule has 0 fully saturated rings. The van der Waals surface area contributed by atoms with Crippen LogP contribution in [0.2, 0.25) is 0 Å². The van der Waals surface area contributed by atoms with Crippen molar-refractivity contribution in [3.05, 3.63) is 71.7 Å². The van der Waals surface area contributed by atoms with Gasteiger partial charge >= 0.3 is 0 Å². The molecule has 0 aliphatic heterocycles. The van der Waals surface area contributed by atoms with E-state index >= 15 is 0 Å². The Bertz CT molecular complexity index is 993. The average Bonchev–Trinajstić information content (AvgIpc) is 3.07. The summed E-state index contributed by atoms with van der Waals surface area (Å²) in [6.07, 6.45) is 11.4. The second kappa shape index (κ2) is 5.23. The van der Waals surface area contributed by atoms with Gasteiger partial charge in [0.05, 0.1) is 6.33 Å². The quantitative estimate of drug-likeness (QED) is 0.574. The second-order valence-electron chi connectivity index (χ2n) is 6.49. The van der Waals surface area contributed by atoms with E-state index in [-0.39, 0.29) is 0 Å². The zero-order valence-corrected chi connectivity index (χ0v) is 13.7. The highest BCUT2D eigenvalue weighted by Gasteiger charge is 2.10. The van der Waals surface area contributed by atoms with Crippen LogP contribution in [0.25, 0.3) is 11.2 Å². The maximum atomic E-state index is 4.57. The van der Waals surface area contributed by atoms with Crippen molar-refractivity contribution in [1.82, 2.24) is 18.8 Å². The van der Waals surface area contributed by atoms with Crippen molar-refractivity contribution < 1.29 is 0 Å². The van der Waals surface area contributed by atoms with E-state index in [4.69, 9.17) is 0 Å². The van der Waals surface area contributed by atoms with Crippen LogP contribution in [0.5, 0.6) is 0 Å². The largest absolute Gasteiger partial charge is 0.308 e. The molecule has 1 unspecified atom stereocenters. The van der Waals surface area contributed by atoms with Crippen LogP contribution in [0.3, 0.4) is 0 Å². The van der Waals surface area contributed by atoms with E-state index in [1.165, 1.54) is 22.2 Å². The molecule has 0 radical (unpaired) electrons. The van der Waals surface area contributed by atoms with E-state index in [1.54, 1.807) is 0 Å². The summed E-state index contributed by atoms with van der Waals surface area (Å²) in [5.41, 5.74) is 7.09. The van der Waals surface area contributed by atoms with Gasteiger partial charge in [-0.1, -0.05) is 6.92 Å². The Balaban J connectivity index is 1.62. The lowest BCUT2D eigenvalue weighted by molar-refractivity contribution is 0.747. The van der Waals surface area contributed by atoms with Crippen molar-refractivity contribution in [2.45, 2.75) is 33.1 Å². The molecule has 0 N–H and O–H groups in total. The SMILES string of the molecule is Cc1cc2ncc(C(C)Cc3cc4cc(C)ncn4c3)cn2c1. The molecule has 0 amide bonds. The van der Waals surface area contributed by atoms with Crippen LogP contribution >= 0.6 is 0 Å². The fourth-order valence-electron chi connectivity index (χ4n) is 3.16. The molecule has 0 saturated carbocycles. The molecular formula is C19H20N4. The van der Waals surface area contributed by atoms with E-state index in [9.17, 15) is 0 Å². The molecular weight excluding hydrogens is 284 g/mol. The molecule has 0 spiro atoms. The molecule has 1 atom stereocenters. The third-order valence-electron chi connectivity index (χ3n) is 4.39. The normalized spacial score (nSPS) is 13.0. The average molecular weight is 304 g/mol. The summed E-state index contributed by atoms with van der Waals surface area (Å²) in [6, 6.07) is 6.46. The summed E-state index contributed by atoms with van der Waals surface area (Å²) in [5.74, 6) is 0.418. The molecule has 0 aliphatic rings. The zero-order chi connectivity index (χ0) is 16.0. The molecule has 116 valence electrons. The van der Waals surface area contributed by atoms with E-state index in [0.717, 1.165) is 17.8 Å². The third-order valence-corrected chi connectivity index (χ3v) is 4.39. The maximum Gasteiger partial charge on any atom is 0.136 e. The van der Waals surface area contributed by atoms with Crippen LogP contribution in [0.4, 0.5) is 0 Å². The van der Waals surface area contributed by atoms with E-state index in [2.05, 4.69) is 69.4 Å². The monoisotopic (exact) mass is 304 g/mol. The Morgan fingerprint density at radius 2 is 1.87 bits per heavy atom. The van der Waals surface area contributed by atoms with Crippen LogP contribution in [0.1, 0.15) is 35.2 Å². The lowest BCUT2D eigenvalue weighted by Crippen LogP contribution is -2.00. The molecule has 0 bridgehead atoms. The molecule has 0 aliphatic carbocycles. The Morgan fingerprint density at radius 3 is 2.74 bits per heavy atom. The number of aromatic nitrogens is 4. The van der Waals surface area contributed by atoms with Gasteiger partial charge in [-0.15, -0.1) is 0 Å². The lowest BCUT2D eigenvalue weighted by Gasteiger charge is -2.10. The van der Waals surface area contributed by atoms with Gasteiger partial charge in [0.1, 0.15) is 5.65 Å². The molecule has 4 heterocycles. The molecule has 23 heavy (non-hydrogen) atoms. The first kappa shape index (κ1) is 14.0. The van der Waals surface area contributed by atoms with Gasteiger partial charge in [-0.05, 0) is 61.1 Å². The van der Waals surface area contributed by atoms with Gasteiger partial charge in [-0.2, -0.15) is 0 Å². The summed E-state index contributed by atoms with van der Waals surface area (Å²) in [6.45, 7) is 6.38. The predicted molar refractivity (Wildman–Crippen MR) is 92.0 cm³/mol. The van der Waals surface area contributed by atoms with Gasteiger partial charge in [-0.3, -0.25) is 0 Å². The van der Waals surface area contributed by atoms with Crippen LogP contribution < -0.4 is 0 Å². The van der Waals surface area contributed by atoms with Crippen LogP contribution in [-0.4, -0.2) is 18.8 Å². The number of nitrogens with zero attached hydrogens (tertiary/aromatic N) is 4. The first-order valence-corrected chi connectivity index (χ1v) is 7.96. The number of hydrogen-bond acceptors (Lipinski definition) is 2. The summed E-state index contributed by atoms with van der Waals surface area (Å²) in [5, 5.41) is 0. The molecule has 4 aromatic rings. The maximum absolute atomic E-state index is 4.57. The smallest absolute Gasteiger partial charge is 0.136 e. The minimum absolute atomic E-state index is 0.418.